The Bertz CT molecular complexity index is 517. The molecule has 0 aromatic heterocycles. The Morgan fingerprint density at radius 3 is 3.00 bits per heavy atom. The zero-order chi connectivity index (χ0) is 13.7. The van der Waals surface area contributed by atoms with Gasteiger partial charge in [-0.2, -0.15) is 0 Å². The standard InChI is InChI=1S/C15H16O4/c1-2-18-15(17)7-4-10-19-14-6-3-5-11-12(14)8-9-13(11)16/h3-6,10H,2,7-9H2,1H3/b10-4-. The first-order chi connectivity index (χ1) is 9.22. The molecule has 0 aliphatic heterocycles. The summed E-state index contributed by atoms with van der Waals surface area (Å²) in [6, 6.07) is 5.45. The van der Waals surface area contributed by atoms with Gasteiger partial charge in [0.2, 0.25) is 0 Å². The molecule has 1 aromatic carbocycles. The van der Waals surface area contributed by atoms with E-state index in [1.165, 1.54) is 6.26 Å². The van der Waals surface area contributed by atoms with Gasteiger partial charge in [0.25, 0.3) is 0 Å². The predicted octanol–water partition coefficient (Wildman–Crippen LogP) is 2.66. The van der Waals surface area contributed by atoms with Crippen molar-refractivity contribution in [2.24, 2.45) is 0 Å². The van der Waals surface area contributed by atoms with Gasteiger partial charge in [0.1, 0.15) is 5.75 Å². The summed E-state index contributed by atoms with van der Waals surface area (Å²) in [4.78, 5) is 22.7. The summed E-state index contributed by atoms with van der Waals surface area (Å²) in [5.41, 5.74) is 1.70. The van der Waals surface area contributed by atoms with Crippen molar-refractivity contribution in [3.05, 3.63) is 41.7 Å². The molecule has 1 aromatic rings. The number of hydrogen-bond acceptors (Lipinski definition) is 4. The molecule has 0 N–H and O–H groups in total. The first-order valence-corrected chi connectivity index (χ1v) is 6.34. The molecule has 0 bridgehead atoms. The van der Waals surface area contributed by atoms with Crippen molar-refractivity contribution in [2.45, 2.75) is 26.2 Å². The number of ketones is 1. The van der Waals surface area contributed by atoms with E-state index in [4.69, 9.17) is 9.47 Å². The van der Waals surface area contributed by atoms with Crippen LogP contribution in [0, 0.1) is 0 Å². The van der Waals surface area contributed by atoms with Crippen LogP contribution in [-0.2, 0) is 16.0 Å². The maximum absolute atomic E-state index is 11.6. The van der Waals surface area contributed by atoms with Crippen LogP contribution in [-0.4, -0.2) is 18.4 Å². The minimum Gasteiger partial charge on any atom is -0.466 e. The zero-order valence-corrected chi connectivity index (χ0v) is 10.8. The Hall–Kier alpha value is -2.10. The molecule has 0 heterocycles. The van der Waals surface area contributed by atoms with E-state index in [0.29, 0.717) is 18.8 Å². The zero-order valence-electron chi connectivity index (χ0n) is 10.8. The summed E-state index contributed by atoms with van der Waals surface area (Å²) >= 11 is 0. The predicted molar refractivity (Wildman–Crippen MR) is 70.1 cm³/mol. The fourth-order valence-electron chi connectivity index (χ4n) is 2.05. The van der Waals surface area contributed by atoms with Gasteiger partial charge in [-0.3, -0.25) is 9.59 Å². The van der Waals surface area contributed by atoms with Crippen LogP contribution in [0.1, 0.15) is 35.7 Å². The highest BCUT2D eigenvalue weighted by molar-refractivity contribution is 6.01. The van der Waals surface area contributed by atoms with Crippen molar-refractivity contribution >= 4 is 11.8 Å². The third kappa shape index (κ3) is 3.22. The normalized spacial score (nSPS) is 13.6. The summed E-state index contributed by atoms with van der Waals surface area (Å²) in [6.45, 7) is 2.14. The van der Waals surface area contributed by atoms with E-state index >= 15 is 0 Å². The lowest BCUT2D eigenvalue weighted by atomic mass is 10.1. The molecule has 0 saturated carbocycles. The van der Waals surface area contributed by atoms with E-state index in [-0.39, 0.29) is 18.2 Å². The molecule has 0 spiro atoms. The van der Waals surface area contributed by atoms with Crippen molar-refractivity contribution < 1.29 is 19.1 Å². The molecule has 0 unspecified atom stereocenters. The van der Waals surface area contributed by atoms with Crippen LogP contribution in [0.4, 0.5) is 0 Å². The smallest absolute Gasteiger partial charge is 0.309 e. The molecular formula is C15H16O4. The summed E-state index contributed by atoms with van der Waals surface area (Å²) in [7, 11) is 0. The second-order valence-corrected chi connectivity index (χ2v) is 4.20. The van der Waals surface area contributed by atoms with Gasteiger partial charge in [-0.05, 0) is 25.5 Å². The van der Waals surface area contributed by atoms with Crippen molar-refractivity contribution in [1.29, 1.82) is 0 Å². The molecular weight excluding hydrogens is 244 g/mol. The van der Waals surface area contributed by atoms with Crippen molar-refractivity contribution in [1.82, 2.24) is 0 Å². The fourth-order valence-corrected chi connectivity index (χ4v) is 2.05. The van der Waals surface area contributed by atoms with Gasteiger partial charge in [-0.1, -0.05) is 12.1 Å². The lowest BCUT2D eigenvalue weighted by Gasteiger charge is -2.05. The highest BCUT2D eigenvalue weighted by atomic mass is 16.5. The molecule has 0 saturated heterocycles. The summed E-state index contributed by atoms with van der Waals surface area (Å²) in [5, 5.41) is 0. The highest BCUT2D eigenvalue weighted by Gasteiger charge is 2.22. The Balaban J connectivity index is 1.96. The van der Waals surface area contributed by atoms with E-state index in [1.54, 1.807) is 19.1 Å². The number of ether oxygens (including phenoxy) is 2. The van der Waals surface area contributed by atoms with Crippen LogP contribution in [0.5, 0.6) is 5.75 Å². The monoisotopic (exact) mass is 260 g/mol. The molecule has 0 radical (unpaired) electrons. The lowest BCUT2D eigenvalue weighted by Crippen LogP contribution is -2.01. The number of carbonyl (C=O) groups is 2. The molecule has 100 valence electrons. The largest absolute Gasteiger partial charge is 0.466 e. The second kappa shape index (κ2) is 6.18. The molecule has 0 amide bonds. The lowest BCUT2D eigenvalue weighted by molar-refractivity contribution is -0.142. The molecule has 0 fully saturated rings. The van der Waals surface area contributed by atoms with Gasteiger partial charge in [0.05, 0.1) is 19.3 Å². The molecule has 0 atom stereocenters. The first kappa shape index (κ1) is 13.3. The van der Waals surface area contributed by atoms with Crippen LogP contribution in [0.15, 0.2) is 30.5 Å². The van der Waals surface area contributed by atoms with E-state index in [9.17, 15) is 9.59 Å². The minimum absolute atomic E-state index is 0.163. The van der Waals surface area contributed by atoms with Crippen molar-refractivity contribution in [2.75, 3.05) is 6.61 Å². The van der Waals surface area contributed by atoms with Gasteiger partial charge in [0.15, 0.2) is 5.78 Å². The van der Waals surface area contributed by atoms with E-state index in [1.807, 2.05) is 12.1 Å². The van der Waals surface area contributed by atoms with Gasteiger partial charge in [-0.25, -0.2) is 0 Å². The van der Waals surface area contributed by atoms with Crippen molar-refractivity contribution in [3.8, 4) is 5.75 Å². The van der Waals surface area contributed by atoms with Gasteiger partial charge in [-0.15, -0.1) is 0 Å². The minimum atomic E-state index is -0.282. The summed E-state index contributed by atoms with van der Waals surface area (Å²) < 4.78 is 10.3. The molecule has 4 nitrogen and oxygen atoms in total. The molecule has 19 heavy (non-hydrogen) atoms. The van der Waals surface area contributed by atoms with E-state index in [0.717, 1.165) is 17.5 Å². The third-order valence-corrected chi connectivity index (χ3v) is 2.92. The average molecular weight is 260 g/mol. The topological polar surface area (TPSA) is 52.6 Å². The van der Waals surface area contributed by atoms with Gasteiger partial charge >= 0.3 is 5.97 Å². The maximum atomic E-state index is 11.6. The Labute approximate surface area is 112 Å². The van der Waals surface area contributed by atoms with Gasteiger partial charge in [0, 0.05) is 17.5 Å². The summed E-state index contributed by atoms with van der Waals surface area (Å²) in [5.74, 6) is 0.565. The number of carbonyl (C=O) groups excluding carboxylic acids is 2. The number of rotatable bonds is 5. The van der Waals surface area contributed by atoms with Gasteiger partial charge < -0.3 is 9.47 Å². The molecule has 2 rings (SSSR count). The van der Waals surface area contributed by atoms with Crippen molar-refractivity contribution in [3.63, 3.8) is 0 Å². The SMILES string of the molecule is CCOC(=O)C/C=C\Oc1cccc2c1CCC2=O. The maximum Gasteiger partial charge on any atom is 0.309 e. The number of Topliss-reactive ketones (excluding diaryl/α,β-unsaturated/α-hetero) is 1. The van der Waals surface area contributed by atoms with Crippen LogP contribution < -0.4 is 4.74 Å². The number of esters is 1. The van der Waals surface area contributed by atoms with Crippen LogP contribution >= 0.6 is 0 Å². The molecule has 1 aliphatic carbocycles. The Morgan fingerprint density at radius 1 is 1.37 bits per heavy atom. The average Bonchev–Trinajstić information content (AvgIpc) is 2.78. The third-order valence-electron chi connectivity index (χ3n) is 2.92. The van der Waals surface area contributed by atoms with Crippen LogP contribution in [0.3, 0.4) is 0 Å². The first-order valence-electron chi connectivity index (χ1n) is 6.34. The van der Waals surface area contributed by atoms with E-state index in [2.05, 4.69) is 0 Å². The fraction of sp³-hybridized carbons (Fsp3) is 0.333. The quantitative estimate of drug-likeness (QED) is 0.603. The van der Waals surface area contributed by atoms with Crippen LogP contribution in [0.25, 0.3) is 0 Å². The summed E-state index contributed by atoms with van der Waals surface area (Å²) in [6.07, 6.45) is 4.52. The second-order valence-electron chi connectivity index (χ2n) is 4.20. The Morgan fingerprint density at radius 2 is 2.21 bits per heavy atom. The number of hydrogen-bond donors (Lipinski definition) is 0. The number of benzene rings is 1. The number of fused-ring (bicyclic) bond motifs is 1. The van der Waals surface area contributed by atoms with Crippen LogP contribution in [0.2, 0.25) is 0 Å². The molecule has 1 aliphatic rings. The van der Waals surface area contributed by atoms with E-state index < -0.39 is 0 Å². The highest BCUT2D eigenvalue weighted by Crippen LogP contribution is 2.30. The molecule has 4 heteroatoms. The Kier molecular flexibility index (Phi) is 4.34.